The summed E-state index contributed by atoms with van der Waals surface area (Å²) < 4.78 is 5.85. The van der Waals surface area contributed by atoms with Crippen LogP contribution >= 0.6 is 0 Å². The number of benzene rings is 1. The first kappa shape index (κ1) is 23.0. The molecule has 6 heteroatoms. The summed E-state index contributed by atoms with van der Waals surface area (Å²) in [5, 5.41) is 14.8. The summed E-state index contributed by atoms with van der Waals surface area (Å²) in [6.07, 6.45) is 6.33. The molecule has 152 valence electrons. The van der Waals surface area contributed by atoms with Crippen molar-refractivity contribution in [3.63, 3.8) is 0 Å². The lowest BCUT2D eigenvalue weighted by Gasteiger charge is -2.23. The zero-order valence-corrected chi connectivity index (χ0v) is 16.7. The lowest BCUT2D eigenvalue weighted by atomic mass is 9.82. The molecule has 1 heterocycles. The lowest BCUT2D eigenvalue weighted by Crippen LogP contribution is -2.20. The number of aliphatic carboxylic acids is 2. The van der Waals surface area contributed by atoms with Crippen molar-refractivity contribution >= 4 is 11.9 Å². The highest BCUT2D eigenvalue weighted by Crippen LogP contribution is 2.28. The van der Waals surface area contributed by atoms with Crippen molar-refractivity contribution in [1.29, 1.82) is 0 Å². The topological polar surface area (TPSA) is 87.1 Å². The molecule has 0 aromatic heterocycles. The molecule has 1 aliphatic rings. The molecule has 2 rings (SSSR count). The number of carboxylic acids is 2. The first-order valence-corrected chi connectivity index (χ1v) is 9.68. The van der Waals surface area contributed by atoms with Crippen LogP contribution in [0, 0.1) is 0 Å². The molecule has 0 aliphatic carbocycles. The summed E-state index contributed by atoms with van der Waals surface area (Å²) >= 11 is 0. The largest absolute Gasteiger partial charge is 0.494 e. The number of carbonyl (C=O) groups is 2. The molecule has 0 spiro atoms. The Hall–Kier alpha value is -2.08. The number of rotatable bonds is 8. The molecule has 1 aliphatic heterocycles. The van der Waals surface area contributed by atoms with E-state index in [1.165, 1.54) is 44.5 Å². The number of ether oxygens (including phenoxy) is 1. The predicted molar refractivity (Wildman–Crippen MR) is 105 cm³/mol. The van der Waals surface area contributed by atoms with Crippen molar-refractivity contribution in [1.82, 2.24) is 4.90 Å². The van der Waals surface area contributed by atoms with Crippen LogP contribution in [-0.2, 0) is 15.0 Å². The van der Waals surface area contributed by atoms with Gasteiger partial charge in [-0.05, 0) is 74.8 Å². The average molecular weight is 379 g/mol. The highest BCUT2D eigenvalue weighted by atomic mass is 16.5. The van der Waals surface area contributed by atoms with E-state index in [0.717, 1.165) is 25.2 Å². The summed E-state index contributed by atoms with van der Waals surface area (Å²) in [6.45, 7) is 11.5. The maximum absolute atomic E-state index is 9.10. The van der Waals surface area contributed by atoms with E-state index in [9.17, 15) is 0 Å². The molecule has 0 saturated carbocycles. The molecule has 2 N–H and O–H groups in total. The second-order valence-electron chi connectivity index (χ2n) is 7.48. The van der Waals surface area contributed by atoms with Crippen molar-refractivity contribution in [2.24, 2.45) is 0 Å². The van der Waals surface area contributed by atoms with E-state index in [1.54, 1.807) is 0 Å². The van der Waals surface area contributed by atoms with Crippen LogP contribution in [0.15, 0.2) is 24.3 Å². The molecule has 27 heavy (non-hydrogen) atoms. The quantitative estimate of drug-likeness (QED) is 0.528. The SMILES string of the molecule is CCC(C)(C)c1ccc(OCCCCN2CCCC2)cc1.O=C(O)C(=O)O. The third-order valence-corrected chi connectivity index (χ3v) is 5.04. The zero-order valence-electron chi connectivity index (χ0n) is 16.7. The minimum Gasteiger partial charge on any atom is -0.494 e. The second kappa shape index (κ2) is 11.6. The van der Waals surface area contributed by atoms with E-state index in [4.69, 9.17) is 24.5 Å². The van der Waals surface area contributed by atoms with Crippen molar-refractivity contribution in [2.45, 2.75) is 58.3 Å². The molecule has 1 fully saturated rings. The molecule has 0 bridgehead atoms. The van der Waals surface area contributed by atoms with Gasteiger partial charge >= 0.3 is 11.9 Å². The smallest absolute Gasteiger partial charge is 0.414 e. The Bertz CT molecular complexity index is 565. The third kappa shape index (κ3) is 8.91. The summed E-state index contributed by atoms with van der Waals surface area (Å²) in [5.74, 6) is -2.64. The van der Waals surface area contributed by atoms with E-state index < -0.39 is 11.9 Å². The van der Waals surface area contributed by atoms with E-state index in [-0.39, 0.29) is 5.41 Å². The number of likely N-dealkylation sites (tertiary alicyclic amines) is 1. The van der Waals surface area contributed by atoms with Gasteiger partial charge in [0.2, 0.25) is 0 Å². The first-order chi connectivity index (χ1) is 12.8. The van der Waals surface area contributed by atoms with E-state index in [2.05, 4.69) is 49.9 Å². The van der Waals surface area contributed by atoms with Gasteiger partial charge in [0.25, 0.3) is 0 Å². The molecule has 6 nitrogen and oxygen atoms in total. The van der Waals surface area contributed by atoms with E-state index in [1.807, 2.05) is 0 Å². The predicted octanol–water partition coefficient (Wildman–Crippen LogP) is 3.78. The number of carboxylic acid groups (broad SMARTS) is 2. The maximum Gasteiger partial charge on any atom is 0.414 e. The van der Waals surface area contributed by atoms with Gasteiger partial charge in [-0.1, -0.05) is 32.9 Å². The molecule has 1 aromatic carbocycles. The van der Waals surface area contributed by atoms with Crippen molar-refractivity contribution < 1.29 is 24.5 Å². The number of unbranched alkanes of at least 4 members (excludes halogenated alkanes) is 1. The minimum absolute atomic E-state index is 0.258. The maximum atomic E-state index is 9.10. The van der Waals surface area contributed by atoms with Crippen LogP contribution in [0.25, 0.3) is 0 Å². The van der Waals surface area contributed by atoms with Gasteiger partial charge in [-0.25, -0.2) is 9.59 Å². The molecule has 1 aromatic rings. The zero-order chi connectivity index (χ0) is 20.3. The molecule has 0 amide bonds. The lowest BCUT2D eigenvalue weighted by molar-refractivity contribution is -0.159. The molecular weight excluding hydrogens is 346 g/mol. The standard InChI is InChI=1S/C19H31NO.C2H2O4/c1-4-19(2,3)17-9-11-18(12-10-17)21-16-8-7-15-20-13-5-6-14-20;3-1(4)2(5)6/h9-12H,4-8,13-16H2,1-3H3;(H,3,4)(H,5,6). The van der Waals surface area contributed by atoms with Crippen LogP contribution in [0.5, 0.6) is 5.75 Å². The van der Waals surface area contributed by atoms with Crippen LogP contribution < -0.4 is 4.74 Å². The summed E-state index contributed by atoms with van der Waals surface area (Å²) in [5.41, 5.74) is 1.65. The van der Waals surface area contributed by atoms with Gasteiger partial charge in [0.15, 0.2) is 0 Å². The van der Waals surface area contributed by atoms with Crippen molar-refractivity contribution in [2.75, 3.05) is 26.2 Å². The van der Waals surface area contributed by atoms with Gasteiger partial charge in [0.1, 0.15) is 5.75 Å². The summed E-state index contributed by atoms with van der Waals surface area (Å²) in [7, 11) is 0. The fourth-order valence-electron chi connectivity index (χ4n) is 2.84. The molecule has 0 atom stereocenters. The van der Waals surface area contributed by atoms with Crippen molar-refractivity contribution in [3.05, 3.63) is 29.8 Å². The Morgan fingerprint density at radius 3 is 2.07 bits per heavy atom. The number of nitrogens with zero attached hydrogens (tertiary/aromatic N) is 1. The minimum atomic E-state index is -1.82. The normalized spacial score (nSPS) is 14.3. The van der Waals surface area contributed by atoms with Gasteiger partial charge in [-0.3, -0.25) is 0 Å². The summed E-state index contributed by atoms with van der Waals surface area (Å²) in [6, 6.07) is 8.66. The summed E-state index contributed by atoms with van der Waals surface area (Å²) in [4.78, 5) is 20.8. The average Bonchev–Trinajstić information content (AvgIpc) is 3.16. The van der Waals surface area contributed by atoms with Crippen LogP contribution in [0.3, 0.4) is 0 Å². The van der Waals surface area contributed by atoms with Gasteiger partial charge < -0.3 is 19.8 Å². The van der Waals surface area contributed by atoms with Gasteiger partial charge in [-0.2, -0.15) is 0 Å². The Morgan fingerprint density at radius 2 is 1.59 bits per heavy atom. The van der Waals surface area contributed by atoms with E-state index >= 15 is 0 Å². The van der Waals surface area contributed by atoms with Crippen molar-refractivity contribution in [3.8, 4) is 5.75 Å². The van der Waals surface area contributed by atoms with Gasteiger partial charge in [-0.15, -0.1) is 0 Å². The fourth-order valence-corrected chi connectivity index (χ4v) is 2.84. The van der Waals surface area contributed by atoms with Crippen LogP contribution in [0.2, 0.25) is 0 Å². The van der Waals surface area contributed by atoms with Crippen LogP contribution in [0.1, 0.15) is 58.4 Å². The van der Waals surface area contributed by atoms with Crippen LogP contribution in [-0.4, -0.2) is 53.3 Å². The highest BCUT2D eigenvalue weighted by Gasteiger charge is 2.17. The Labute approximate surface area is 162 Å². The first-order valence-electron chi connectivity index (χ1n) is 9.68. The Morgan fingerprint density at radius 1 is 1.04 bits per heavy atom. The number of hydrogen-bond acceptors (Lipinski definition) is 4. The van der Waals surface area contributed by atoms with Gasteiger partial charge in [0.05, 0.1) is 6.61 Å². The molecule has 0 unspecified atom stereocenters. The van der Waals surface area contributed by atoms with Crippen LogP contribution in [0.4, 0.5) is 0 Å². The Balaban J connectivity index is 0.000000527. The fraction of sp³-hybridized carbons (Fsp3) is 0.619. The molecule has 0 radical (unpaired) electrons. The number of hydrogen-bond donors (Lipinski definition) is 2. The third-order valence-electron chi connectivity index (χ3n) is 5.04. The molecular formula is C21H33NO5. The molecule has 1 saturated heterocycles. The highest BCUT2D eigenvalue weighted by molar-refractivity contribution is 6.27. The van der Waals surface area contributed by atoms with Gasteiger partial charge in [0, 0.05) is 0 Å². The Kier molecular flexibility index (Phi) is 9.86. The second-order valence-corrected chi connectivity index (χ2v) is 7.48. The van der Waals surface area contributed by atoms with E-state index in [0.29, 0.717) is 0 Å². The monoisotopic (exact) mass is 379 g/mol.